The first-order chi connectivity index (χ1) is 10.1. The van der Waals surface area contributed by atoms with Crippen molar-refractivity contribution in [2.24, 2.45) is 7.05 Å². The highest BCUT2D eigenvalue weighted by molar-refractivity contribution is 5.86. The minimum atomic E-state index is 0.759. The van der Waals surface area contributed by atoms with Crippen molar-refractivity contribution in [1.29, 1.82) is 0 Å². The van der Waals surface area contributed by atoms with Crippen LogP contribution >= 0.6 is 0 Å². The summed E-state index contributed by atoms with van der Waals surface area (Å²) in [6.07, 6.45) is 0. The predicted molar refractivity (Wildman–Crippen MR) is 80.4 cm³/mol. The molecule has 0 saturated carbocycles. The van der Waals surface area contributed by atoms with Crippen molar-refractivity contribution < 1.29 is 0 Å². The number of hydrogen-bond donors (Lipinski definition) is 0. The maximum absolute atomic E-state index is 4.73. The molecule has 0 aliphatic rings. The van der Waals surface area contributed by atoms with E-state index < -0.39 is 0 Å². The summed E-state index contributed by atoms with van der Waals surface area (Å²) in [4.78, 5) is 9.45. The third-order valence-corrected chi connectivity index (χ3v) is 3.60. The smallest absolute Gasteiger partial charge is 0.184 e. The average Bonchev–Trinajstić information content (AvgIpc) is 2.97. The highest BCUT2D eigenvalue weighted by Crippen LogP contribution is 2.22. The normalized spacial score (nSPS) is 11.6. The summed E-state index contributed by atoms with van der Waals surface area (Å²) in [5.74, 6) is 0. The predicted octanol–water partition coefficient (Wildman–Crippen LogP) is 2.32. The standard InChI is InChI=1S/C15H14N6/c1-9-12-14(20(3)18-9)17-15-13(16-12)10(2)19-21(15)11-7-5-4-6-8-11/h4-8H,1-3H3. The molecule has 4 aromatic rings. The van der Waals surface area contributed by atoms with Crippen LogP contribution in [-0.4, -0.2) is 29.5 Å². The largest absolute Gasteiger partial charge is 0.249 e. The van der Waals surface area contributed by atoms with Gasteiger partial charge in [-0.05, 0) is 26.0 Å². The highest BCUT2D eigenvalue weighted by atomic mass is 15.3. The van der Waals surface area contributed by atoms with E-state index in [9.17, 15) is 0 Å². The first-order valence-corrected chi connectivity index (χ1v) is 6.77. The van der Waals surface area contributed by atoms with Crippen LogP contribution in [0.1, 0.15) is 11.4 Å². The Labute approximate surface area is 121 Å². The molecule has 0 saturated heterocycles. The molecule has 1 aromatic carbocycles. The van der Waals surface area contributed by atoms with Crippen LogP contribution in [0.5, 0.6) is 0 Å². The Morgan fingerprint density at radius 2 is 1.48 bits per heavy atom. The second kappa shape index (κ2) is 4.12. The molecule has 0 aliphatic heterocycles. The number of rotatable bonds is 1. The van der Waals surface area contributed by atoms with Gasteiger partial charge in [0.05, 0.1) is 17.1 Å². The van der Waals surface area contributed by atoms with Crippen molar-refractivity contribution in [2.75, 3.05) is 0 Å². The monoisotopic (exact) mass is 278 g/mol. The van der Waals surface area contributed by atoms with E-state index in [0.29, 0.717) is 0 Å². The molecule has 0 N–H and O–H groups in total. The summed E-state index contributed by atoms with van der Waals surface area (Å²) in [6.45, 7) is 3.90. The molecule has 4 rings (SSSR count). The summed E-state index contributed by atoms with van der Waals surface area (Å²) >= 11 is 0. The van der Waals surface area contributed by atoms with Crippen LogP contribution in [0.15, 0.2) is 30.3 Å². The van der Waals surface area contributed by atoms with Gasteiger partial charge >= 0.3 is 0 Å². The number of fused-ring (bicyclic) bond motifs is 2. The molecular weight excluding hydrogens is 264 g/mol. The van der Waals surface area contributed by atoms with Gasteiger partial charge < -0.3 is 0 Å². The maximum Gasteiger partial charge on any atom is 0.184 e. The first-order valence-electron chi connectivity index (χ1n) is 6.77. The Bertz CT molecular complexity index is 964. The number of nitrogens with zero attached hydrogens (tertiary/aromatic N) is 6. The number of para-hydroxylation sites is 1. The summed E-state index contributed by atoms with van der Waals surface area (Å²) in [5, 5.41) is 8.97. The summed E-state index contributed by atoms with van der Waals surface area (Å²) < 4.78 is 3.59. The Morgan fingerprint density at radius 1 is 0.810 bits per heavy atom. The molecule has 0 unspecified atom stereocenters. The quantitative estimate of drug-likeness (QED) is 0.536. The SMILES string of the molecule is Cc1nn(C)c2nc3c(nc12)c(C)nn3-c1ccccc1. The maximum atomic E-state index is 4.73. The van der Waals surface area contributed by atoms with Crippen LogP contribution in [0.3, 0.4) is 0 Å². The van der Waals surface area contributed by atoms with Gasteiger partial charge in [-0.2, -0.15) is 10.2 Å². The zero-order chi connectivity index (χ0) is 14.6. The van der Waals surface area contributed by atoms with Gasteiger partial charge in [0.1, 0.15) is 11.0 Å². The summed E-state index contributed by atoms with van der Waals surface area (Å²) in [5.41, 5.74) is 5.91. The van der Waals surface area contributed by atoms with E-state index in [-0.39, 0.29) is 0 Å². The third-order valence-electron chi connectivity index (χ3n) is 3.60. The molecule has 0 aliphatic carbocycles. The Balaban J connectivity index is 2.12. The number of aromatic nitrogens is 6. The topological polar surface area (TPSA) is 61.4 Å². The van der Waals surface area contributed by atoms with Crippen molar-refractivity contribution in [3.8, 4) is 5.69 Å². The van der Waals surface area contributed by atoms with Gasteiger partial charge in [-0.25, -0.2) is 19.3 Å². The molecule has 6 nitrogen and oxygen atoms in total. The van der Waals surface area contributed by atoms with Crippen LogP contribution in [0.4, 0.5) is 0 Å². The van der Waals surface area contributed by atoms with E-state index in [1.54, 1.807) is 4.68 Å². The van der Waals surface area contributed by atoms with E-state index in [0.717, 1.165) is 39.4 Å². The Kier molecular flexibility index (Phi) is 2.35. The molecule has 0 fully saturated rings. The van der Waals surface area contributed by atoms with Crippen LogP contribution in [0.2, 0.25) is 0 Å². The van der Waals surface area contributed by atoms with Crippen LogP contribution in [-0.2, 0) is 7.05 Å². The van der Waals surface area contributed by atoms with Gasteiger partial charge in [-0.15, -0.1) is 0 Å². The molecule has 104 valence electrons. The molecular formula is C15H14N6. The van der Waals surface area contributed by atoms with Gasteiger partial charge in [0.25, 0.3) is 0 Å². The molecule has 0 radical (unpaired) electrons. The minimum absolute atomic E-state index is 0.759. The zero-order valence-electron chi connectivity index (χ0n) is 12.1. The lowest BCUT2D eigenvalue weighted by molar-refractivity contribution is 0.773. The van der Waals surface area contributed by atoms with Gasteiger partial charge in [0.2, 0.25) is 0 Å². The molecule has 0 bridgehead atoms. The van der Waals surface area contributed by atoms with Crippen LogP contribution in [0.25, 0.3) is 28.0 Å². The fourth-order valence-electron chi connectivity index (χ4n) is 2.59. The van der Waals surface area contributed by atoms with Gasteiger partial charge in [-0.1, -0.05) is 18.2 Å². The fraction of sp³-hybridized carbons (Fsp3) is 0.200. The van der Waals surface area contributed by atoms with Gasteiger partial charge in [0, 0.05) is 7.05 Å². The lowest BCUT2D eigenvalue weighted by Crippen LogP contribution is -1.99. The molecule has 0 spiro atoms. The zero-order valence-corrected chi connectivity index (χ0v) is 12.1. The number of aryl methyl sites for hydroxylation is 3. The van der Waals surface area contributed by atoms with E-state index in [4.69, 9.17) is 9.97 Å². The Morgan fingerprint density at radius 3 is 2.24 bits per heavy atom. The van der Waals surface area contributed by atoms with Crippen molar-refractivity contribution in [3.05, 3.63) is 41.7 Å². The fourth-order valence-corrected chi connectivity index (χ4v) is 2.59. The molecule has 6 heteroatoms. The molecule has 21 heavy (non-hydrogen) atoms. The lowest BCUT2D eigenvalue weighted by atomic mass is 10.3. The van der Waals surface area contributed by atoms with Crippen molar-refractivity contribution >= 4 is 22.3 Å². The second-order valence-corrected chi connectivity index (χ2v) is 5.11. The van der Waals surface area contributed by atoms with Crippen LogP contribution < -0.4 is 0 Å². The molecule has 0 atom stereocenters. The van der Waals surface area contributed by atoms with E-state index >= 15 is 0 Å². The number of hydrogen-bond acceptors (Lipinski definition) is 4. The number of benzene rings is 1. The molecule has 0 amide bonds. The van der Waals surface area contributed by atoms with Gasteiger partial charge in [0.15, 0.2) is 11.3 Å². The first kappa shape index (κ1) is 12.0. The van der Waals surface area contributed by atoms with Crippen molar-refractivity contribution in [3.63, 3.8) is 0 Å². The average molecular weight is 278 g/mol. The molecule has 3 heterocycles. The van der Waals surface area contributed by atoms with E-state index in [1.807, 2.05) is 55.9 Å². The van der Waals surface area contributed by atoms with Crippen LogP contribution in [0, 0.1) is 13.8 Å². The molecule has 3 aromatic heterocycles. The third kappa shape index (κ3) is 1.65. The second-order valence-electron chi connectivity index (χ2n) is 5.11. The highest BCUT2D eigenvalue weighted by Gasteiger charge is 2.16. The van der Waals surface area contributed by atoms with Crippen molar-refractivity contribution in [2.45, 2.75) is 13.8 Å². The van der Waals surface area contributed by atoms with E-state index in [1.165, 1.54) is 0 Å². The lowest BCUT2D eigenvalue weighted by Gasteiger charge is -2.02. The summed E-state index contributed by atoms with van der Waals surface area (Å²) in [7, 11) is 1.88. The minimum Gasteiger partial charge on any atom is -0.249 e. The van der Waals surface area contributed by atoms with Gasteiger partial charge in [-0.3, -0.25) is 0 Å². The van der Waals surface area contributed by atoms with E-state index in [2.05, 4.69) is 10.2 Å². The Hall–Kier alpha value is -2.76. The summed E-state index contributed by atoms with van der Waals surface area (Å²) in [6, 6.07) is 9.96. The van der Waals surface area contributed by atoms with Crippen molar-refractivity contribution in [1.82, 2.24) is 29.5 Å².